The summed E-state index contributed by atoms with van der Waals surface area (Å²) >= 11 is 0. The Balaban J connectivity index is 2.91. The molecule has 1 aromatic carbocycles. The van der Waals surface area contributed by atoms with Crippen LogP contribution in [0.4, 0.5) is 13.2 Å². The van der Waals surface area contributed by atoms with E-state index in [-0.39, 0.29) is 11.6 Å². The molecule has 80 valence electrons. The Morgan fingerprint density at radius 3 is 2.20 bits per heavy atom. The van der Waals surface area contributed by atoms with Gasteiger partial charge in [0.15, 0.2) is 0 Å². The fourth-order valence-electron chi connectivity index (χ4n) is 0.887. The van der Waals surface area contributed by atoms with Crippen molar-refractivity contribution in [1.29, 1.82) is 0 Å². The van der Waals surface area contributed by atoms with Crippen LogP contribution in [0.15, 0.2) is 36.4 Å². The lowest BCUT2D eigenvalue weighted by atomic mass is 10.1. The average Bonchev–Trinajstić information content (AvgIpc) is 2.17. The lowest BCUT2D eigenvalue weighted by molar-refractivity contribution is -0.244. The van der Waals surface area contributed by atoms with Gasteiger partial charge in [0.2, 0.25) is 0 Å². The minimum absolute atomic E-state index is 0.0509. The van der Waals surface area contributed by atoms with Crippen LogP contribution in [0.1, 0.15) is 5.56 Å². The Bertz CT molecular complexity index is 379. The van der Waals surface area contributed by atoms with Crippen molar-refractivity contribution in [2.75, 3.05) is 0 Å². The number of rotatable bonds is 2. The number of halogens is 3. The molecule has 0 saturated carbocycles. The van der Waals surface area contributed by atoms with Crippen LogP contribution in [-0.4, -0.2) is 12.0 Å². The quantitative estimate of drug-likeness (QED) is 0.554. The Hall–Kier alpha value is -1.78. The summed E-state index contributed by atoms with van der Waals surface area (Å²) in [6.45, 7) is 0. The first-order valence-corrected chi connectivity index (χ1v) is 3.96. The first kappa shape index (κ1) is 11.3. The summed E-state index contributed by atoms with van der Waals surface area (Å²) in [5, 5.41) is 11.1. The molecule has 1 rings (SSSR count). The van der Waals surface area contributed by atoms with Crippen molar-refractivity contribution in [2.45, 2.75) is 6.18 Å². The highest BCUT2D eigenvalue weighted by Crippen LogP contribution is 2.18. The summed E-state index contributed by atoms with van der Waals surface area (Å²) in [5.41, 5.74) is 0.0510. The van der Waals surface area contributed by atoms with Crippen molar-refractivity contribution < 1.29 is 23.1 Å². The highest BCUT2D eigenvalue weighted by Gasteiger charge is 2.36. The molecule has 15 heavy (non-hydrogen) atoms. The zero-order valence-electron chi connectivity index (χ0n) is 7.41. The topological polar surface area (TPSA) is 40.1 Å². The molecule has 0 aliphatic heterocycles. The minimum atomic E-state index is -5.00. The molecule has 5 heteroatoms. The van der Waals surface area contributed by atoms with Crippen LogP contribution < -0.4 is 5.11 Å². The van der Waals surface area contributed by atoms with Gasteiger partial charge in [-0.1, -0.05) is 36.1 Å². The fraction of sp³-hybridized carbons (Fsp3) is 0.100. The second kappa shape index (κ2) is 4.16. The van der Waals surface area contributed by atoms with E-state index in [9.17, 15) is 23.1 Å². The van der Waals surface area contributed by atoms with Gasteiger partial charge in [-0.05, 0) is 11.6 Å². The molecule has 0 bridgehead atoms. The van der Waals surface area contributed by atoms with Gasteiger partial charge in [0.05, 0.1) is 0 Å². The second-order valence-electron chi connectivity index (χ2n) is 2.74. The average molecular weight is 215 g/mol. The maximum Gasteiger partial charge on any atom is 0.454 e. The molecule has 0 saturated heterocycles. The van der Waals surface area contributed by atoms with Gasteiger partial charge in [-0.15, -0.1) is 0 Å². The number of allylic oxidation sites excluding steroid dienone is 1. The molecule has 2 nitrogen and oxygen atoms in total. The number of ketones is 1. The van der Waals surface area contributed by atoms with E-state index >= 15 is 0 Å². The molecular weight excluding hydrogens is 209 g/mol. The van der Waals surface area contributed by atoms with E-state index in [2.05, 4.69) is 0 Å². The predicted molar refractivity (Wildman–Crippen MR) is 45.5 cm³/mol. The summed E-state index contributed by atoms with van der Waals surface area (Å²) in [7, 11) is 0. The van der Waals surface area contributed by atoms with Gasteiger partial charge in [0.1, 0.15) is 0 Å². The van der Waals surface area contributed by atoms with E-state index in [4.69, 9.17) is 0 Å². The largest absolute Gasteiger partial charge is 0.872 e. The number of hydrogen-bond donors (Lipinski definition) is 0. The molecule has 1 aromatic rings. The van der Waals surface area contributed by atoms with Crippen LogP contribution in [0.5, 0.6) is 0 Å². The standard InChI is InChI=1S/C10H7F3O2/c11-10(12,13)9(15)6-8(14)7-4-2-1-3-5-7/h1-6,14H/p-1. The molecule has 0 heterocycles. The van der Waals surface area contributed by atoms with Crippen LogP contribution in [0.25, 0.3) is 5.76 Å². The molecular formula is C10H6F3O2-. The minimum Gasteiger partial charge on any atom is -0.872 e. The van der Waals surface area contributed by atoms with E-state index in [1.165, 1.54) is 24.3 Å². The predicted octanol–water partition coefficient (Wildman–Crippen LogP) is 1.52. The van der Waals surface area contributed by atoms with Crippen molar-refractivity contribution in [1.82, 2.24) is 0 Å². The first-order valence-electron chi connectivity index (χ1n) is 3.96. The number of carbonyl (C=O) groups is 1. The van der Waals surface area contributed by atoms with Crippen LogP contribution in [0.2, 0.25) is 0 Å². The van der Waals surface area contributed by atoms with Gasteiger partial charge in [-0.2, -0.15) is 13.2 Å². The number of benzene rings is 1. The van der Waals surface area contributed by atoms with Crippen LogP contribution in [-0.2, 0) is 4.79 Å². The Kier molecular flexibility index (Phi) is 3.14. The molecule has 0 radical (unpaired) electrons. The summed E-state index contributed by atoms with van der Waals surface area (Å²) in [4.78, 5) is 10.4. The van der Waals surface area contributed by atoms with Crippen LogP contribution in [0, 0.1) is 0 Å². The third-order valence-electron chi connectivity index (χ3n) is 1.60. The second-order valence-corrected chi connectivity index (χ2v) is 2.74. The van der Waals surface area contributed by atoms with Gasteiger partial charge in [0, 0.05) is 0 Å². The van der Waals surface area contributed by atoms with Crippen molar-refractivity contribution in [2.24, 2.45) is 0 Å². The Morgan fingerprint density at radius 1 is 1.20 bits per heavy atom. The first-order chi connectivity index (χ1) is 6.91. The zero-order valence-corrected chi connectivity index (χ0v) is 7.41. The van der Waals surface area contributed by atoms with Gasteiger partial charge in [-0.3, -0.25) is 4.79 Å². The molecule has 0 aliphatic rings. The maximum atomic E-state index is 11.8. The van der Waals surface area contributed by atoms with Crippen LogP contribution >= 0.6 is 0 Å². The molecule has 0 N–H and O–H groups in total. The summed E-state index contributed by atoms with van der Waals surface area (Å²) in [6, 6.07) is 7.28. The highest BCUT2D eigenvalue weighted by molar-refractivity contribution is 5.98. The fourth-order valence-corrected chi connectivity index (χ4v) is 0.887. The van der Waals surface area contributed by atoms with Gasteiger partial charge in [-0.25, -0.2) is 0 Å². The molecule has 0 unspecified atom stereocenters. The van der Waals surface area contributed by atoms with Gasteiger partial charge < -0.3 is 5.11 Å². The SMILES string of the molecule is O=C(C=C([O-])c1ccccc1)C(F)(F)F. The lowest BCUT2D eigenvalue weighted by Crippen LogP contribution is -2.21. The van der Waals surface area contributed by atoms with Crippen molar-refractivity contribution >= 4 is 11.5 Å². The lowest BCUT2D eigenvalue weighted by Gasteiger charge is -2.12. The summed E-state index contributed by atoms with van der Waals surface area (Å²) < 4.78 is 35.4. The van der Waals surface area contributed by atoms with E-state index in [1.54, 1.807) is 6.07 Å². The molecule has 0 aromatic heterocycles. The Labute approximate surface area is 83.7 Å². The van der Waals surface area contributed by atoms with Crippen LogP contribution in [0.3, 0.4) is 0 Å². The highest BCUT2D eigenvalue weighted by atomic mass is 19.4. The smallest absolute Gasteiger partial charge is 0.454 e. The number of hydrogen-bond acceptors (Lipinski definition) is 2. The van der Waals surface area contributed by atoms with E-state index < -0.39 is 17.7 Å². The summed E-state index contributed by atoms with van der Waals surface area (Å²) in [6.07, 6.45) is -4.94. The molecule has 0 aliphatic carbocycles. The zero-order chi connectivity index (χ0) is 11.5. The van der Waals surface area contributed by atoms with Crippen molar-refractivity contribution in [3.63, 3.8) is 0 Å². The van der Waals surface area contributed by atoms with Crippen molar-refractivity contribution in [3.8, 4) is 0 Å². The Morgan fingerprint density at radius 2 is 1.73 bits per heavy atom. The summed E-state index contributed by atoms with van der Waals surface area (Å²) in [5.74, 6) is -3.09. The third kappa shape index (κ3) is 3.12. The number of alkyl halides is 3. The van der Waals surface area contributed by atoms with E-state index in [0.717, 1.165) is 0 Å². The monoisotopic (exact) mass is 215 g/mol. The van der Waals surface area contributed by atoms with Gasteiger partial charge >= 0.3 is 6.18 Å². The van der Waals surface area contributed by atoms with E-state index in [0.29, 0.717) is 0 Å². The van der Waals surface area contributed by atoms with Crippen molar-refractivity contribution in [3.05, 3.63) is 42.0 Å². The third-order valence-corrected chi connectivity index (χ3v) is 1.60. The molecule has 0 fully saturated rings. The van der Waals surface area contributed by atoms with E-state index in [1.807, 2.05) is 0 Å². The molecule has 0 spiro atoms. The number of carbonyl (C=O) groups excluding carboxylic acids is 1. The van der Waals surface area contributed by atoms with Gasteiger partial charge in [0.25, 0.3) is 5.78 Å². The molecule has 0 atom stereocenters. The maximum absolute atomic E-state index is 11.8. The molecule has 0 amide bonds. The normalized spacial score (nSPS) is 12.6.